The van der Waals surface area contributed by atoms with E-state index in [2.05, 4.69) is 25.4 Å². The predicted octanol–water partition coefficient (Wildman–Crippen LogP) is 4.20. The molecular weight excluding hydrogens is 468 g/mol. The molecule has 1 spiro atoms. The number of nitrogens with zero attached hydrogens (tertiary/aromatic N) is 7. The van der Waals surface area contributed by atoms with Crippen molar-refractivity contribution in [2.45, 2.75) is 33.6 Å². The van der Waals surface area contributed by atoms with Crippen LogP contribution in [0.1, 0.15) is 31.3 Å². The van der Waals surface area contributed by atoms with Gasteiger partial charge in [-0.1, -0.05) is 0 Å². The molecule has 192 valence electrons. The molecule has 4 aromatic rings. The standard InChI is InChI=1S/C27H32N8O2/c1-5-37-22-13-19(24-33-32-18(3)34(24)4)6-7-21(22)30-26-28-14-20-12-17(2)29-25(23(20)31-26)35-15-27(16-35)8-10-36-11-9-27/h6-7,12-14H,5,8-11,15-16H2,1-4H3,(H,28,30,31). The minimum Gasteiger partial charge on any atom is -0.492 e. The maximum Gasteiger partial charge on any atom is 0.227 e. The van der Waals surface area contributed by atoms with Crippen LogP contribution in [0.5, 0.6) is 5.75 Å². The van der Waals surface area contributed by atoms with Crippen molar-refractivity contribution >= 4 is 28.4 Å². The van der Waals surface area contributed by atoms with Crippen LogP contribution >= 0.6 is 0 Å². The molecule has 0 amide bonds. The summed E-state index contributed by atoms with van der Waals surface area (Å²) in [6.07, 6.45) is 4.09. The quantitative estimate of drug-likeness (QED) is 0.417. The highest BCUT2D eigenvalue weighted by molar-refractivity contribution is 5.90. The van der Waals surface area contributed by atoms with E-state index in [9.17, 15) is 0 Å². The third kappa shape index (κ3) is 4.35. The van der Waals surface area contributed by atoms with E-state index in [0.29, 0.717) is 23.7 Å². The molecule has 0 bridgehead atoms. The van der Waals surface area contributed by atoms with Crippen molar-refractivity contribution in [3.05, 3.63) is 42.0 Å². The highest BCUT2D eigenvalue weighted by atomic mass is 16.5. The average Bonchev–Trinajstić information content (AvgIpc) is 3.22. The van der Waals surface area contributed by atoms with Gasteiger partial charge < -0.3 is 24.3 Å². The molecule has 2 fully saturated rings. The number of ether oxygens (including phenoxy) is 2. The second-order valence-corrected chi connectivity index (χ2v) is 10.1. The Labute approximate surface area is 216 Å². The number of anilines is 3. The van der Waals surface area contributed by atoms with Crippen molar-refractivity contribution in [1.29, 1.82) is 0 Å². The SMILES string of the molecule is CCOc1cc(-c2nnc(C)n2C)ccc1Nc1ncc2cc(C)nc(N3CC4(CCOCC4)C3)c2n1. The first-order valence-electron chi connectivity index (χ1n) is 12.8. The third-order valence-corrected chi connectivity index (χ3v) is 7.46. The number of aryl methyl sites for hydroxylation is 2. The lowest BCUT2D eigenvalue weighted by atomic mass is 9.73. The van der Waals surface area contributed by atoms with Crippen LogP contribution in [0.4, 0.5) is 17.5 Å². The number of pyridine rings is 1. The molecule has 10 heteroatoms. The Hall–Kier alpha value is -3.79. The van der Waals surface area contributed by atoms with Crippen molar-refractivity contribution < 1.29 is 9.47 Å². The minimum atomic E-state index is 0.347. The summed E-state index contributed by atoms with van der Waals surface area (Å²) in [4.78, 5) is 16.8. The van der Waals surface area contributed by atoms with Crippen LogP contribution in [0.15, 0.2) is 30.5 Å². The lowest BCUT2D eigenvalue weighted by Gasteiger charge is -2.52. The van der Waals surface area contributed by atoms with Crippen LogP contribution in [0.25, 0.3) is 22.3 Å². The van der Waals surface area contributed by atoms with Gasteiger partial charge in [-0.25, -0.2) is 15.0 Å². The van der Waals surface area contributed by atoms with Crippen LogP contribution in [0, 0.1) is 19.3 Å². The Morgan fingerprint density at radius 2 is 1.89 bits per heavy atom. The zero-order valence-electron chi connectivity index (χ0n) is 21.8. The topological polar surface area (TPSA) is 103 Å². The number of benzene rings is 1. The third-order valence-electron chi connectivity index (χ3n) is 7.46. The van der Waals surface area contributed by atoms with E-state index in [4.69, 9.17) is 19.4 Å². The number of rotatable bonds is 6. The normalized spacial score (nSPS) is 16.7. The van der Waals surface area contributed by atoms with Gasteiger partial charge in [0.05, 0.1) is 12.3 Å². The molecule has 3 aromatic heterocycles. The molecule has 1 N–H and O–H groups in total. The molecule has 2 aliphatic heterocycles. The van der Waals surface area contributed by atoms with Crippen LogP contribution in [0.2, 0.25) is 0 Å². The highest BCUT2D eigenvalue weighted by Crippen LogP contribution is 2.43. The summed E-state index contributed by atoms with van der Waals surface area (Å²) in [7, 11) is 1.95. The van der Waals surface area contributed by atoms with Gasteiger partial charge in [0.25, 0.3) is 0 Å². The van der Waals surface area contributed by atoms with Gasteiger partial charge in [0, 0.05) is 61.6 Å². The van der Waals surface area contributed by atoms with Gasteiger partial charge in [0.1, 0.15) is 17.1 Å². The van der Waals surface area contributed by atoms with Crippen molar-refractivity contribution in [2.75, 3.05) is 43.1 Å². The summed E-state index contributed by atoms with van der Waals surface area (Å²) in [5, 5.41) is 12.8. The lowest BCUT2D eigenvalue weighted by molar-refractivity contribution is -0.000372. The summed E-state index contributed by atoms with van der Waals surface area (Å²) >= 11 is 0. The molecule has 0 unspecified atom stereocenters. The van der Waals surface area contributed by atoms with Gasteiger partial charge in [-0.2, -0.15) is 0 Å². The summed E-state index contributed by atoms with van der Waals surface area (Å²) in [6, 6.07) is 7.98. The molecular formula is C27H32N8O2. The zero-order chi connectivity index (χ0) is 25.6. The molecule has 1 aromatic carbocycles. The van der Waals surface area contributed by atoms with E-state index in [-0.39, 0.29) is 0 Å². The number of fused-ring (bicyclic) bond motifs is 1. The minimum absolute atomic E-state index is 0.347. The molecule has 6 rings (SSSR count). The first-order valence-corrected chi connectivity index (χ1v) is 12.8. The molecule has 0 radical (unpaired) electrons. The number of aromatic nitrogens is 6. The van der Waals surface area contributed by atoms with Gasteiger partial charge >= 0.3 is 0 Å². The molecule has 5 heterocycles. The fraction of sp³-hybridized carbons (Fsp3) is 0.444. The maximum atomic E-state index is 5.97. The molecule has 37 heavy (non-hydrogen) atoms. The average molecular weight is 501 g/mol. The van der Waals surface area contributed by atoms with Crippen LogP contribution < -0.4 is 15.0 Å². The highest BCUT2D eigenvalue weighted by Gasteiger charge is 2.45. The Balaban J connectivity index is 1.31. The van der Waals surface area contributed by atoms with Crippen molar-refractivity contribution in [2.24, 2.45) is 12.5 Å². The largest absolute Gasteiger partial charge is 0.492 e. The second-order valence-electron chi connectivity index (χ2n) is 10.1. The van der Waals surface area contributed by atoms with E-state index in [0.717, 1.165) is 84.5 Å². The maximum absolute atomic E-state index is 5.97. The van der Waals surface area contributed by atoms with E-state index < -0.39 is 0 Å². The van der Waals surface area contributed by atoms with Gasteiger partial charge in [-0.05, 0) is 57.9 Å². The molecule has 2 aliphatic rings. The monoisotopic (exact) mass is 500 g/mol. The smallest absolute Gasteiger partial charge is 0.227 e. The second kappa shape index (κ2) is 9.26. The van der Waals surface area contributed by atoms with E-state index in [1.807, 2.05) is 62.8 Å². The number of nitrogens with one attached hydrogen (secondary N) is 1. The summed E-state index contributed by atoms with van der Waals surface area (Å²) in [5.74, 6) is 3.77. The first-order chi connectivity index (χ1) is 17.9. The molecule has 0 aliphatic carbocycles. The van der Waals surface area contributed by atoms with E-state index >= 15 is 0 Å². The van der Waals surface area contributed by atoms with Gasteiger partial charge in [-0.3, -0.25) is 0 Å². The molecule has 0 atom stereocenters. The van der Waals surface area contributed by atoms with Gasteiger partial charge in [-0.15, -0.1) is 10.2 Å². The lowest BCUT2D eigenvalue weighted by Crippen LogP contribution is -2.59. The first kappa shape index (κ1) is 23.6. The fourth-order valence-corrected chi connectivity index (χ4v) is 5.29. The van der Waals surface area contributed by atoms with Crippen molar-refractivity contribution in [3.8, 4) is 17.1 Å². The summed E-state index contributed by atoms with van der Waals surface area (Å²) < 4.78 is 13.5. The van der Waals surface area contributed by atoms with Crippen molar-refractivity contribution in [3.63, 3.8) is 0 Å². The number of hydrogen-bond donors (Lipinski definition) is 1. The van der Waals surface area contributed by atoms with Crippen LogP contribution in [0.3, 0.4) is 0 Å². The molecule has 2 saturated heterocycles. The van der Waals surface area contributed by atoms with E-state index in [1.165, 1.54) is 0 Å². The summed E-state index contributed by atoms with van der Waals surface area (Å²) in [6.45, 7) is 10.1. The van der Waals surface area contributed by atoms with Crippen LogP contribution in [-0.2, 0) is 11.8 Å². The Bertz CT molecular complexity index is 1450. The summed E-state index contributed by atoms with van der Waals surface area (Å²) in [5.41, 5.74) is 3.88. The predicted molar refractivity (Wildman–Crippen MR) is 142 cm³/mol. The van der Waals surface area contributed by atoms with E-state index in [1.54, 1.807) is 0 Å². The van der Waals surface area contributed by atoms with Crippen LogP contribution in [-0.4, -0.2) is 62.6 Å². The fourth-order valence-electron chi connectivity index (χ4n) is 5.29. The number of hydrogen-bond acceptors (Lipinski definition) is 9. The Kier molecular flexibility index (Phi) is 5.91. The van der Waals surface area contributed by atoms with Gasteiger partial charge in [0.15, 0.2) is 11.6 Å². The molecule has 0 saturated carbocycles. The van der Waals surface area contributed by atoms with Gasteiger partial charge in [0.2, 0.25) is 5.95 Å². The Morgan fingerprint density at radius 3 is 2.62 bits per heavy atom. The van der Waals surface area contributed by atoms with Crippen molar-refractivity contribution in [1.82, 2.24) is 29.7 Å². The zero-order valence-corrected chi connectivity index (χ0v) is 21.8. The Morgan fingerprint density at radius 1 is 1.08 bits per heavy atom. The molecule has 10 nitrogen and oxygen atoms in total.